The number of aryl methyl sites for hydroxylation is 1. The molecule has 1 aliphatic rings. The quantitative estimate of drug-likeness (QED) is 0.841. The van der Waals surface area contributed by atoms with E-state index in [2.05, 4.69) is 0 Å². The van der Waals surface area contributed by atoms with Gasteiger partial charge in [0.1, 0.15) is 5.75 Å². The summed E-state index contributed by atoms with van der Waals surface area (Å²) < 4.78 is 10.2. The molecule has 0 aliphatic heterocycles. The van der Waals surface area contributed by atoms with Crippen LogP contribution in [0.1, 0.15) is 43.7 Å². The Hall–Kier alpha value is -1.55. The summed E-state index contributed by atoms with van der Waals surface area (Å²) in [5.74, 6) is 0.483. The Morgan fingerprint density at radius 3 is 2.95 bits per heavy atom. The van der Waals surface area contributed by atoms with Crippen molar-refractivity contribution in [3.8, 4) is 5.75 Å². The minimum absolute atomic E-state index is 0.237. The van der Waals surface area contributed by atoms with Gasteiger partial charge in [-0.05, 0) is 55.9 Å². The van der Waals surface area contributed by atoms with E-state index in [1.54, 1.807) is 14.0 Å². The smallest absolute Gasteiger partial charge is 0.305 e. The van der Waals surface area contributed by atoms with Gasteiger partial charge >= 0.3 is 5.97 Å². The maximum absolute atomic E-state index is 11.5. The minimum atomic E-state index is -0.950. The van der Waals surface area contributed by atoms with Gasteiger partial charge in [-0.25, -0.2) is 0 Å². The van der Waals surface area contributed by atoms with Crippen LogP contribution in [0.3, 0.4) is 0 Å². The molecule has 4 nitrogen and oxygen atoms in total. The molecule has 0 spiro atoms. The van der Waals surface area contributed by atoms with Gasteiger partial charge in [0.05, 0.1) is 19.3 Å². The summed E-state index contributed by atoms with van der Waals surface area (Å²) in [6.07, 6.45) is 3.19. The molecule has 0 fully saturated rings. The molecule has 4 heteroatoms. The Kier molecular flexibility index (Phi) is 4.65. The van der Waals surface area contributed by atoms with Crippen molar-refractivity contribution in [1.29, 1.82) is 0 Å². The van der Waals surface area contributed by atoms with E-state index in [9.17, 15) is 9.90 Å². The third-order valence-electron chi connectivity index (χ3n) is 3.90. The van der Waals surface area contributed by atoms with Crippen LogP contribution < -0.4 is 4.74 Å². The predicted molar refractivity (Wildman–Crippen MR) is 75.7 cm³/mol. The number of hydrogen-bond acceptors (Lipinski definition) is 4. The molecule has 0 aromatic heterocycles. The summed E-state index contributed by atoms with van der Waals surface area (Å²) in [6, 6.07) is 5.80. The molecule has 1 aliphatic carbocycles. The van der Waals surface area contributed by atoms with Crippen LogP contribution in [-0.4, -0.2) is 24.8 Å². The van der Waals surface area contributed by atoms with Gasteiger partial charge in [-0.2, -0.15) is 0 Å². The second-order valence-electron chi connectivity index (χ2n) is 5.21. The third kappa shape index (κ3) is 3.12. The Morgan fingerprint density at radius 2 is 2.25 bits per heavy atom. The molecule has 0 amide bonds. The van der Waals surface area contributed by atoms with Crippen LogP contribution in [0.4, 0.5) is 0 Å². The average Bonchev–Trinajstić information content (AvgIpc) is 2.46. The van der Waals surface area contributed by atoms with Gasteiger partial charge in [0.2, 0.25) is 0 Å². The van der Waals surface area contributed by atoms with Gasteiger partial charge in [-0.15, -0.1) is 0 Å². The SMILES string of the molecule is CCOC(=O)CCC1(O)CCCc2ccc(OC)cc21. The molecule has 0 heterocycles. The highest BCUT2D eigenvalue weighted by Crippen LogP contribution is 2.40. The molecule has 1 unspecified atom stereocenters. The molecule has 0 radical (unpaired) electrons. The van der Waals surface area contributed by atoms with E-state index in [0.29, 0.717) is 19.4 Å². The maximum atomic E-state index is 11.5. The van der Waals surface area contributed by atoms with Crippen molar-refractivity contribution < 1.29 is 19.4 Å². The molecular weight excluding hydrogens is 256 g/mol. The van der Waals surface area contributed by atoms with Crippen molar-refractivity contribution >= 4 is 5.97 Å². The molecule has 2 rings (SSSR count). The van der Waals surface area contributed by atoms with Crippen LogP contribution in [0.15, 0.2) is 18.2 Å². The topological polar surface area (TPSA) is 55.8 Å². The fourth-order valence-corrected chi connectivity index (χ4v) is 2.84. The molecule has 1 N–H and O–H groups in total. The fraction of sp³-hybridized carbons (Fsp3) is 0.562. The van der Waals surface area contributed by atoms with Crippen LogP contribution in [0, 0.1) is 0 Å². The minimum Gasteiger partial charge on any atom is -0.497 e. The monoisotopic (exact) mass is 278 g/mol. The number of fused-ring (bicyclic) bond motifs is 1. The molecule has 0 saturated carbocycles. The van der Waals surface area contributed by atoms with Crippen molar-refractivity contribution in [2.45, 2.75) is 44.6 Å². The number of carbonyl (C=O) groups excluding carboxylic acids is 1. The van der Waals surface area contributed by atoms with E-state index in [0.717, 1.165) is 29.7 Å². The molecule has 110 valence electrons. The number of aliphatic hydroxyl groups is 1. The zero-order valence-electron chi connectivity index (χ0n) is 12.1. The fourth-order valence-electron chi connectivity index (χ4n) is 2.84. The maximum Gasteiger partial charge on any atom is 0.305 e. The summed E-state index contributed by atoms with van der Waals surface area (Å²) in [5.41, 5.74) is 1.09. The molecule has 1 aromatic rings. The Bertz CT molecular complexity index is 483. The van der Waals surface area contributed by atoms with Gasteiger partial charge in [-0.3, -0.25) is 4.79 Å². The van der Waals surface area contributed by atoms with Crippen molar-refractivity contribution in [3.05, 3.63) is 29.3 Å². The summed E-state index contributed by atoms with van der Waals surface area (Å²) >= 11 is 0. The first-order valence-electron chi connectivity index (χ1n) is 7.14. The lowest BCUT2D eigenvalue weighted by molar-refractivity contribution is -0.144. The van der Waals surface area contributed by atoms with E-state index in [1.165, 1.54) is 0 Å². The molecular formula is C16H22O4. The number of ether oxygens (including phenoxy) is 2. The molecule has 1 atom stereocenters. The summed E-state index contributed by atoms with van der Waals surface area (Å²) in [5, 5.41) is 10.9. The first-order chi connectivity index (χ1) is 9.59. The second kappa shape index (κ2) is 6.27. The summed E-state index contributed by atoms with van der Waals surface area (Å²) in [6.45, 7) is 2.16. The average molecular weight is 278 g/mol. The number of benzene rings is 1. The number of carbonyl (C=O) groups is 1. The van der Waals surface area contributed by atoms with E-state index in [1.807, 2.05) is 18.2 Å². The van der Waals surface area contributed by atoms with Crippen LogP contribution in [0.2, 0.25) is 0 Å². The lowest BCUT2D eigenvalue weighted by Crippen LogP contribution is -2.31. The Balaban J connectivity index is 2.18. The van der Waals surface area contributed by atoms with E-state index >= 15 is 0 Å². The van der Waals surface area contributed by atoms with Crippen LogP contribution in [-0.2, 0) is 21.6 Å². The third-order valence-corrected chi connectivity index (χ3v) is 3.90. The van der Waals surface area contributed by atoms with Crippen LogP contribution in [0.5, 0.6) is 5.75 Å². The highest BCUT2D eigenvalue weighted by molar-refractivity contribution is 5.69. The van der Waals surface area contributed by atoms with E-state index < -0.39 is 5.60 Å². The van der Waals surface area contributed by atoms with Crippen molar-refractivity contribution in [1.82, 2.24) is 0 Å². The summed E-state index contributed by atoms with van der Waals surface area (Å²) in [4.78, 5) is 11.5. The van der Waals surface area contributed by atoms with E-state index in [-0.39, 0.29) is 12.4 Å². The number of esters is 1. The zero-order valence-corrected chi connectivity index (χ0v) is 12.1. The summed E-state index contributed by atoms with van der Waals surface area (Å²) in [7, 11) is 1.61. The molecule has 1 aromatic carbocycles. The van der Waals surface area contributed by atoms with Crippen molar-refractivity contribution in [2.24, 2.45) is 0 Å². The van der Waals surface area contributed by atoms with Gasteiger partial charge in [-0.1, -0.05) is 6.07 Å². The normalized spacial score (nSPS) is 21.1. The van der Waals surface area contributed by atoms with Crippen LogP contribution in [0.25, 0.3) is 0 Å². The highest BCUT2D eigenvalue weighted by Gasteiger charge is 2.35. The van der Waals surface area contributed by atoms with Crippen molar-refractivity contribution in [3.63, 3.8) is 0 Å². The Morgan fingerprint density at radius 1 is 1.45 bits per heavy atom. The number of hydrogen-bond donors (Lipinski definition) is 1. The first kappa shape index (κ1) is 14.9. The predicted octanol–water partition coefficient (Wildman–Crippen LogP) is 2.56. The van der Waals surface area contributed by atoms with Gasteiger partial charge in [0.25, 0.3) is 0 Å². The van der Waals surface area contributed by atoms with Crippen LogP contribution >= 0.6 is 0 Å². The largest absolute Gasteiger partial charge is 0.497 e. The lowest BCUT2D eigenvalue weighted by Gasteiger charge is -2.34. The number of rotatable bonds is 5. The van der Waals surface area contributed by atoms with Gasteiger partial charge in [0.15, 0.2) is 0 Å². The molecule has 0 bridgehead atoms. The van der Waals surface area contributed by atoms with Crippen molar-refractivity contribution in [2.75, 3.05) is 13.7 Å². The first-order valence-corrected chi connectivity index (χ1v) is 7.14. The standard InChI is InChI=1S/C16H22O4/c1-3-20-15(17)8-10-16(18)9-4-5-12-6-7-13(19-2)11-14(12)16/h6-7,11,18H,3-5,8-10H2,1-2H3. The number of methoxy groups -OCH3 is 1. The second-order valence-corrected chi connectivity index (χ2v) is 5.21. The lowest BCUT2D eigenvalue weighted by atomic mass is 9.76. The molecule has 20 heavy (non-hydrogen) atoms. The van der Waals surface area contributed by atoms with Gasteiger partial charge < -0.3 is 14.6 Å². The van der Waals surface area contributed by atoms with E-state index in [4.69, 9.17) is 9.47 Å². The highest BCUT2D eigenvalue weighted by atomic mass is 16.5. The van der Waals surface area contributed by atoms with Gasteiger partial charge in [0, 0.05) is 6.42 Å². The zero-order chi connectivity index (χ0) is 14.6. The Labute approximate surface area is 119 Å². The molecule has 0 saturated heterocycles.